The summed E-state index contributed by atoms with van der Waals surface area (Å²) in [5.74, 6) is -0.991. The quantitative estimate of drug-likeness (QED) is 0.436. The Kier molecular flexibility index (Phi) is 8.25. The van der Waals surface area contributed by atoms with Gasteiger partial charge >= 0.3 is 0 Å². The summed E-state index contributed by atoms with van der Waals surface area (Å²) in [6, 6.07) is 20.7. The van der Waals surface area contributed by atoms with Gasteiger partial charge in [0.25, 0.3) is 15.9 Å². The molecule has 2 amide bonds. The summed E-state index contributed by atoms with van der Waals surface area (Å²) >= 11 is 6.31. The molecule has 10 heteroatoms. The Morgan fingerprint density at radius 2 is 1.67 bits per heavy atom. The molecule has 0 radical (unpaired) electrons. The fourth-order valence-corrected chi connectivity index (χ4v) is 5.64. The number of carbonyl (C=O) groups excluding carboxylic acids is 2. The van der Waals surface area contributed by atoms with Crippen LogP contribution in [0.4, 0.5) is 11.4 Å². The Labute approximate surface area is 215 Å². The van der Waals surface area contributed by atoms with Crippen molar-refractivity contribution >= 4 is 44.8 Å². The zero-order chi connectivity index (χ0) is 25.5. The third-order valence-electron chi connectivity index (χ3n) is 5.70. The summed E-state index contributed by atoms with van der Waals surface area (Å²) in [6.07, 6.45) is 1.82. The van der Waals surface area contributed by atoms with Crippen LogP contribution < -0.4 is 14.9 Å². The van der Waals surface area contributed by atoms with Gasteiger partial charge in [0.1, 0.15) is 6.54 Å². The van der Waals surface area contributed by atoms with Gasteiger partial charge in [-0.3, -0.25) is 13.9 Å². The third-order valence-corrected chi connectivity index (χ3v) is 7.79. The molecule has 36 heavy (non-hydrogen) atoms. The number of hydrogen-bond donors (Lipinski definition) is 2. The molecular formula is C26H26ClN3O5S. The van der Waals surface area contributed by atoms with Crippen molar-refractivity contribution in [1.29, 1.82) is 0 Å². The van der Waals surface area contributed by atoms with Gasteiger partial charge in [0.15, 0.2) is 0 Å². The number of amides is 2. The molecule has 4 rings (SSSR count). The number of nitrogens with one attached hydrogen (secondary N) is 2. The second kappa shape index (κ2) is 11.6. The Balaban J connectivity index is 1.55. The van der Waals surface area contributed by atoms with E-state index in [-0.39, 0.29) is 38.9 Å². The van der Waals surface area contributed by atoms with Crippen molar-refractivity contribution in [3.8, 4) is 0 Å². The first-order valence-corrected chi connectivity index (χ1v) is 13.3. The minimum atomic E-state index is -4.11. The maximum atomic E-state index is 13.5. The van der Waals surface area contributed by atoms with Crippen LogP contribution in [0.15, 0.2) is 83.8 Å². The lowest BCUT2D eigenvalue weighted by Gasteiger charge is -2.25. The number of carbonyl (C=O) groups is 2. The second-order valence-corrected chi connectivity index (χ2v) is 10.5. The van der Waals surface area contributed by atoms with Crippen LogP contribution in [0.1, 0.15) is 23.2 Å². The van der Waals surface area contributed by atoms with Crippen LogP contribution in [0.2, 0.25) is 5.02 Å². The molecule has 8 nitrogen and oxygen atoms in total. The lowest BCUT2D eigenvalue weighted by molar-refractivity contribution is -0.114. The highest BCUT2D eigenvalue weighted by molar-refractivity contribution is 7.92. The van der Waals surface area contributed by atoms with Crippen LogP contribution in [0.25, 0.3) is 0 Å². The lowest BCUT2D eigenvalue weighted by atomic mass is 10.1. The summed E-state index contributed by atoms with van der Waals surface area (Å²) in [6.45, 7) is 0.505. The van der Waals surface area contributed by atoms with Crippen molar-refractivity contribution in [2.45, 2.75) is 23.8 Å². The Morgan fingerprint density at radius 3 is 2.39 bits per heavy atom. The van der Waals surface area contributed by atoms with E-state index in [1.54, 1.807) is 60.7 Å². The lowest BCUT2D eigenvalue weighted by Crippen LogP contribution is -2.38. The number of nitrogens with zero attached hydrogens (tertiary/aromatic N) is 1. The molecular weight excluding hydrogens is 502 g/mol. The van der Waals surface area contributed by atoms with E-state index in [0.717, 1.165) is 17.1 Å². The van der Waals surface area contributed by atoms with Gasteiger partial charge in [-0.25, -0.2) is 8.42 Å². The first-order chi connectivity index (χ1) is 17.4. The van der Waals surface area contributed by atoms with Gasteiger partial charge in [0.2, 0.25) is 5.91 Å². The fraction of sp³-hybridized carbons (Fsp3) is 0.231. The molecule has 188 valence electrons. The van der Waals surface area contributed by atoms with E-state index < -0.39 is 22.5 Å². The van der Waals surface area contributed by atoms with Gasteiger partial charge in [-0.2, -0.15) is 0 Å². The molecule has 2 N–H and O–H groups in total. The third kappa shape index (κ3) is 6.04. The first kappa shape index (κ1) is 25.7. The maximum absolute atomic E-state index is 13.5. The second-order valence-electron chi connectivity index (χ2n) is 8.21. The molecule has 1 heterocycles. The van der Waals surface area contributed by atoms with Crippen LogP contribution in [-0.4, -0.2) is 46.0 Å². The molecule has 1 aliphatic heterocycles. The van der Waals surface area contributed by atoms with Crippen molar-refractivity contribution in [3.63, 3.8) is 0 Å². The molecule has 1 aliphatic rings. The Bertz CT molecular complexity index is 1330. The first-order valence-electron chi connectivity index (χ1n) is 11.5. The van der Waals surface area contributed by atoms with Crippen molar-refractivity contribution in [2.24, 2.45) is 0 Å². The van der Waals surface area contributed by atoms with Crippen molar-refractivity contribution in [3.05, 3.63) is 89.4 Å². The van der Waals surface area contributed by atoms with Gasteiger partial charge in [-0.05, 0) is 49.2 Å². The van der Waals surface area contributed by atoms with E-state index in [1.165, 1.54) is 18.2 Å². The highest BCUT2D eigenvalue weighted by atomic mass is 35.5. The number of para-hydroxylation sites is 2. The Morgan fingerprint density at radius 1 is 0.972 bits per heavy atom. The van der Waals surface area contributed by atoms with Gasteiger partial charge in [-0.1, -0.05) is 54.1 Å². The number of ether oxygens (including phenoxy) is 1. The van der Waals surface area contributed by atoms with Crippen LogP contribution in [0, 0.1) is 0 Å². The van der Waals surface area contributed by atoms with E-state index in [0.29, 0.717) is 13.2 Å². The number of benzene rings is 3. The van der Waals surface area contributed by atoms with Crippen molar-refractivity contribution < 1.29 is 22.7 Å². The average molecular weight is 528 g/mol. The summed E-state index contributed by atoms with van der Waals surface area (Å²) in [5.41, 5.74) is 0.698. The molecule has 3 aromatic carbocycles. The maximum Gasteiger partial charge on any atom is 0.264 e. The molecule has 1 saturated heterocycles. The predicted octanol–water partition coefficient (Wildman–Crippen LogP) is 4.08. The summed E-state index contributed by atoms with van der Waals surface area (Å²) in [5, 5.41) is 5.70. The van der Waals surface area contributed by atoms with E-state index in [2.05, 4.69) is 10.6 Å². The SMILES string of the molecule is O=C(CN(c1ccccc1Cl)S(=O)(=O)c1ccccc1)Nc1ccccc1C(=O)NC[C@@H]1CCCO1. The highest BCUT2D eigenvalue weighted by Gasteiger charge is 2.29. The van der Waals surface area contributed by atoms with Crippen LogP contribution in [-0.2, 0) is 19.6 Å². The van der Waals surface area contributed by atoms with Crippen LogP contribution >= 0.6 is 11.6 Å². The number of sulfonamides is 1. The molecule has 0 spiro atoms. The minimum Gasteiger partial charge on any atom is -0.376 e. The average Bonchev–Trinajstić information content (AvgIpc) is 3.41. The molecule has 0 saturated carbocycles. The molecule has 0 aromatic heterocycles. The summed E-state index contributed by atoms with van der Waals surface area (Å²) in [4.78, 5) is 25.9. The van der Waals surface area contributed by atoms with Crippen molar-refractivity contribution in [2.75, 3.05) is 29.3 Å². The molecule has 0 unspecified atom stereocenters. The largest absolute Gasteiger partial charge is 0.376 e. The zero-order valence-corrected chi connectivity index (χ0v) is 21.0. The number of hydrogen-bond acceptors (Lipinski definition) is 5. The van der Waals surface area contributed by atoms with E-state index in [4.69, 9.17) is 16.3 Å². The Hall–Kier alpha value is -3.40. The van der Waals surface area contributed by atoms with Crippen LogP contribution in [0.5, 0.6) is 0 Å². The summed E-state index contributed by atoms with van der Waals surface area (Å²) < 4.78 is 33.4. The molecule has 3 aromatic rings. The number of halogens is 1. The van der Waals surface area contributed by atoms with E-state index >= 15 is 0 Å². The normalized spacial score (nSPS) is 15.3. The summed E-state index contributed by atoms with van der Waals surface area (Å²) in [7, 11) is -4.11. The van der Waals surface area contributed by atoms with Gasteiger partial charge in [0.05, 0.1) is 33.0 Å². The molecule has 1 fully saturated rings. The topological polar surface area (TPSA) is 105 Å². The predicted molar refractivity (Wildman–Crippen MR) is 139 cm³/mol. The monoisotopic (exact) mass is 527 g/mol. The highest BCUT2D eigenvalue weighted by Crippen LogP contribution is 2.30. The zero-order valence-electron chi connectivity index (χ0n) is 19.4. The molecule has 0 aliphatic carbocycles. The fourth-order valence-electron chi connectivity index (χ4n) is 3.89. The number of rotatable bonds is 9. The number of anilines is 2. The van der Waals surface area contributed by atoms with Crippen molar-refractivity contribution in [1.82, 2.24) is 5.32 Å². The van der Waals surface area contributed by atoms with E-state index in [1.807, 2.05) is 0 Å². The smallest absolute Gasteiger partial charge is 0.264 e. The van der Waals surface area contributed by atoms with E-state index in [9.17, 15) is 18.0 Å². The van der Waals surface area contributed by atoms with Gasteiger partial charge < -0.3 is 15.4 Å². The van der Waals surface area contributed by atoms with Gasteiger partial charge in [-0.15, -0.1) is 0 Å². The standard InChI is InChI=1S/C26H26ClN3O5S/c27-22-13-5-7-15-24(22)30(36(33,34)20-10-2-1-3-11-20)18-25(31)29-23-14-6-4-12-21(23)26(32)28-17-19-9-8-16-35-19/h1-7,10-15,19H,8-9,16-18H2,(H,28,32)(H,29,31)/t19-/m0/s1. The van der Waals surface area contributed by atoms with Crippen LogP contribution in [0.3, 0.4) is 0 Å². The van der Waals surface area contributed by atoms with Gasteiger partial charge in [0, 0.05) is 13.2 Å². The molecule has 1 atom stereocenters. The minimum absolute atomic E-state index is 0.0200. The molecule has 0 bridgehead atoms.